The van der Waals surface area contributed by atoms with Crippen molar-refractivity contribution >= 4 is 33.4 Å². The van der Waals surface area contributed by atoms with Crippen molar-refractivity contribution < 1.29 is 14.0 Å². The number of rotatable bonds is 6. The lowest BCUT2D eigenvalue weighted by Crippen LogP contribution is -2.25. The fourth-order valence-electron chi connectivity index (χ4n) is 3.45. The van der Waals surface area contributed by atoms with Crippen LogP contribution in [0.3, 0.4) is 0 Å². The fourth-order valence-corrected chi connectivity index (χ4v) is 3.71. The highest BCUT2D eigenvalue weighted by Gasteiger charge is 2.43. The van der Waals surface area contributed by atoms with Gasteiger partial charge in [0.1, 0.15) is 5.82 Å². The number of amides is 2. The van der Waals surface area contributed by atoms with Gasteiger partial charge < -0.3 is 10.6 Å². The predicted octanol–water partition coefficient (Wildman–Crippen LogP) is 5.26. The van der Waals surface area contributed by atoms with Crippen molar-refractivity contribution in [1.82, 2.24) is 5.32 Å². The molecule has 3 aromatic carbocycles. The molecule has 0 aliphatic heterocycles. The molecule has 1 aliphatic carbocycles. The molecule has 2 unspecified atom stereocenters. The third kappa shape index (κ3) is 4.94. The molecule has 2 atom stereocenters. The van der Waals surface area contributed by atoms with Crippen LogP contribution < -0.4 is 10.6 Å². The number of benzene rings is 3. The van der Waals surface area contributed by atoms with E-state index < -0.39 is 0 Å². The molecule has 1 saturated carbocycles. The standard InChI is InChI=1S/C24H20BrFN2O2/c25-18-8-4-16(5-9-18)21-13-22(21)24(30)27-14-15-2-1-3-20(12-15)28-23(29)17-6-10-19(26)11-7-17/h1-12,21-22H,13-14H2,(H,27,30)(H,28,29). The summed E-state index contributed by atoms with van der Waals surface area (Å²) in [5.41, 5.74) is 3.07. The van der Waals surface area contributed by atoms with Crippen molar-refractivity contribution in [3.05, 3.63) is 99.8 Å². The van der Waals surface area contributed by atoms with E-state index in [0.29, 0.717) is 17.8 Å². The minimum Gasteiger partial charge on any atom is -0.352 e. The minimum absolute atomic E-state index is 0.00698. The van der Waals surface area contributed by atoms with Gasteiger partial charge in [0.15, 0.2) is 0 Å². The third-order valence-electron chi connectivity index (χ3n) is 5.18. The number of nitrogens with one attached hydrogen (secondary N) is 2. The lowest BCUT2D eigenvalue weighted by molar-refractivity contribution is -0.122. The summed E-state index contributed by atoms with van der Waals surface area (Å²) < 4.78 is 14.0. The number of hydrogen-bond acceptors (Lipinski definition) is 2. The first-order chi connectivity index (χ1) is 14.5. The molecule has 0 heterocycles. The molecule has 0 spiro atoms. The van der Waals surface area contributed by atoms with Gasteiger partial charge in [-0.1, -0.05) is 40.2 Å². The Bertz CT molecular complexity index is 1070. The molecule has 0 bridgehead atoms. The second-order valence-corrected chi connectivity index (χ2v) is 8.30. The Balaban J connectivity index is 1.31. The molecular formula is C24H20BrFN2O2. The Kier molecular flexibility index (Phi) is 5.95. The van der Waals surface area contributed by atoms with Gasteiger partial charge in [-0.2, -0.15) is 0 Å². The molecule has 1 fully saturated rings. The van der Waals surface area contributed by atoms with Crippen molar-refractivity contribution in [2.24, 2.45) is 5.92 Å². The van der Waals surface area contributed by atoms with Crippen LogP contribution in [0.5, 0.6) is 0 Å². The molecule has 4 rings (SSSR count). The fraction of sp³-hybridized carbons (Fsp3) is 0.167. The predicted molar refractivity (Wildman–Crippen MR) is 118 cm³/mol. The zero-order valence-corrected chi connectivity index (χ0v) is 17.7. The van der Waals surface area contributed by atoms with E-state index in [4.69, 9.17) is 0 Å². The van der Waals surface area contributed by atoms with Gasteiger partial charge in [-0.3, -0.25) is 9.59 Å². The lowest BCUT2D eigenvalue weighted by atomic mass is 10.1. The van der Waals surface area contributed by atoms with E-state index in [-0.39, 0.29) is 29.5 Å². The van der Waals surface area contributed by atoms with E-state index >= 15 is 0 Å². The maximum absolute atomic E-state index is 13.0. The molecule has 152 valence electrons. The van der Waals surface area contributed by atoms with Crippen molar-refractivity contribution in [2.45, 2.75) is 18.9 Å². The quantitative estimate of drug-likeness (QED) is 0.520. The largest absolute Gasteiger partial charge is 0.352 e. The van der Waals surface area contributed by atoms with Crippen LogP contribution in [0.1, 0.15) is 33.8 Å². The summed E-state index contributed by atoms with van der Waals surface area (Å²) in [6, 6.07) is 20.8. The van der Waals surface area contributed by atoms with E-state index in [1.807, 2.05) is 30.3 Å². The molecule has 0 aromatic heterocycles. The van der Waals surface area contributed by atoms with E-state index in [1.54, 1.807) is 6.07 Å². The Morgan fingerprint density at radius 2 is 1.73 bits per heavy atom. The Labute approximate surface area is 182 Å². The molecule has 3 aromatic rings. The van der Waals surface area contributed by atoms with Gasteiger partial charge >= 0.3 is 0 Å². The molecule has 30 heavy (non-hydrogen) atoms. The monoisotopic (exact) mass is 466 g/mol. The number of carbonyl (C=O) groups is 2. The third-order valence-corrected chi connectivity index (χ3v) is 5.71. The zero-order chi connectivity index (χ0) is 21.1. The summed E-state index contributed by atoms with van der Waals surface area (Å²) in [6.45, 7) is 0.392. The SMILES string of the molecule is O=C(Nc1cccc(CNC(=O)C2CC2c2ccc(Br)cc2)c1)c1ccc(F)cc1. The number of carbonyl (C=O) groups excluding carboxylic acids is 2. The first-order valence-corrected chi connectivity index (χ1v) is 10.5. The van der Waals surface area contributed by atoms with Crippen LogP contribution in [0.15, 0.2) is 77.3 Å². The number of anilines is 1. The summed E-state index contributed by atoms with van der Waals surface area (Å²) in [4.78, 5) is 24.8. The molecule has 0 radical (unpaired) electrons. The van der Waals surface area contributed by atoms with Crippen molar-refractivity contribution in [3.63, 3.8) is 0 Å². The van der Waals surface area contributed by atoms with Gasteiger partial charge in [-0.05, 0) is 72.0 Å². The maximum atomic E-state index is 13.0. The summed E-state index contributed by atoms with van der Waals surface area (Å²) in [5, 5.41) is 5.78. The molecule has 0 saturated heterocycles. The minimum atomic E-state index is -0.387. The molecule has 1 aliphatic rings. The van der Waals surface area contributed by atoms with E-state index in [2.05, 4.69) is 38.7 Å². The average molecular weight is 467 g/mol. The van der Waals surface area contributed by atoms with Crippen LogP contribution in [0.25, 0.3) is 0 Å². The smallest absolute Gasteiger partial charge is 0.255 e. The van der Waals surface area contributed by atoms with Crippen molar-refractivity contribution in [1.29, 1.82) is 0 Å². The van der Waals surface area contributed by atoms with Crippen LogP contribution in [0, 0.1) is 11.7 Å². The molecule has 6 heteroatoms. The van der Waals surface area contributed by atoms with Gasteiger partial charge in [-0.25, -0.2) is 4.39 Å². The van der Waals surface area contributed by atoms with E-state index in [9.17, 15) is 14.0 Å². The highest BCUT2D eigenvalue weighted by atomic mass is 79.9. The molecule has 4 nitrogen and oxygen atoms in total. The normalized spacial score (nSPS) is 17.3. The van der Waals surface area contributed by atoms with Gasteiger partial charge in [0.25, 0.3) is 5.91 Å². The highest BCUT2D eigenvalue weighted by molar-refractivity contribution is 9.10. The summed E-state index contributed by atoms with van der Waals surface area (Å²) in [7, 11) is 0. The van der Waals surface area contributed by atoms with Gasteiger partial charge in [0, 0.05) is 28.2 Å². The van der Waals surface area contributed by atoms with Gasteiger partial charge in [-0.15, -0.1) is 0 Å². The summed E-state index contributed by atoms with van der Waals surface area (Å²) >= 11 is 3.43. The molecule has 2 N–H and O–H groups in total. The van der Waals surface area contributed by atoms with Crippen molar-refractivity contribution in [2.75, 3.05) is 5.32 Å². The number of hydrogen-bond donors (Lipinski definition) is 2. The summed E-state index contributed by atoms with van der Waals surface area (Å²) in [5.74, 6) is -0.371. The Hall–Kier alpha value is -2.99. The molecule has 2 amide bonds. The average Bonchev–Trinajstić information content (AvgIpc) is 3.54. The highest BCUT2D eigenvalue weighted by Crippen LogP contribution is 2.47. The lowest BCUT2D eigenvalue weighted by Gasteiger charge is -2.09. The Morgan fingerprint density at radius 3 is 2.47 bits per heavy atom. The zero-order valence-electron chi connectivity index (χ0n) is 16.1. The second kappa shape index (κ2) is 8.79. The summed E-state index contributed by atoms with van der Waals surface area (Å²) in [6.07, 6.45) is 0.862. The topological polar surface area (TPSA) is 58.2 Å². The van der Waals surface area contributed by atoms with E-state index in [1.165, 1.54) is 29.8 Å². The van der Waals surface area contributed by atoms with Crippen LogP contribution >= 0.6 is 15.9 Å². The van der Waals surface area contributed by atoms with Crippen LogP contribution in [0.4, 0.5) is 10.1 Å². The molecular weight excluding hydrogens is 447 g/mol. The maximum Gasteiger partial charge on any atom is 0.255 e. The van der Waals surface area contributed by atoms with Crippen molar-refractivity contribution in [3.8, 4) is 0 Å². The first-order valence-electron chi connectivity index (χ1n) is 9.68. The van der Waals surface area contributed by atoms with Gasteiger partial charge in [0.2, 0.25) is 5.91 Å². The second-order valence-electron chi connectivity index (χ2n) is 7.38. The van der Waals surface area contributed by atoms with E-state index in [0.717, 1.165) is 16.5 Å². The van der Waals surface area contributed by atoms with Crippen LogP contribution in [0.2, 0.25) is 0 Å². The van der Waals surface area contributed by atoms with Crippen LogP contribution in [-0.4, -0.2) is 11.8 Å². The van der Waals surface area contributed by atoms with Gasteiger partial charge in [0.05, 0.1) is 0 Å². The Morgan fingerprint density at radius 1 is 1.00 bits per heavy atom. The number of halogens is 2. The van der Waals surface area contributed by atoms with Crippen LogP contribution in [-0.2, 0) is 11.3 Å². The first kappa shape index (κ1) is 20.3.